The molecule has 0 spiro atoms. The fourth-order valence-corrected chi connectivity index (χ4v) is 6.42. The van der Waals surface area contributed by atoms with Crippen LogP contribution in [-0.4, -0.2) is 9.13 Å². The lowest BCUT2D eigenvalue weighted by molar-refractivity contribution is 0.889. The molecule has 186 valence electrons. The Morgan fingerprint density at radius 2 is 1.26 bits per heavy atom. The second-order valence-corrected chi connectivity index (χ2v) is 10.7. The molecule has 0 amide bonds. The van der Waals surface area contributed by atoms with Crippen molar-refractivity contribution in [2.75, 3.05) is 0 Å². The first-order chi connectivity index (χ1) is 19.3. The summed E-state index contributed by atoms with van der Waals surface area (Å²) in [6, 6.07) is 41.3. The highest BCUT2D eigenvalue weighted by molar-refractivity contribution is 6.30. The van der Waals surface area contributed by atoms with Crippen molar-refractivity contribution in [2.45, 2.75) is 12.8 Å². The Labute approximate surface area is 232 Å². The number of hydrogen-bond donors (Lipinski definition) is 0. The zero-order chi connectivity index (χ0) is 25.9. The first-order valence-electron chi connectivity index (χ1n) is 13.4. The van der Waals surface area contributed by atoms with E-state index in [0.717, 1.165) is 17.9 Å². The van der Waals surface area contributed by atoms with Crippen LogP contribution in [0.1, 0.15) is 17.7 Å². The number of rotatable bonds is 3. The molecule has 0 saturated carbocycles. The Balaban J connectivity index is 1.37. The molecule has 0 fully saturated rings. The van der Waals surface area contributed by atoms with Crippen LogP contribution in [0.2, 0.25) is 5.02 Å². The third-order valence-corrected chi connectivity index (χ3v) is 8.30. The summed E-state index contributed by atoms with van der Waals surface area (Å²) in [6.45, 7) is 0. The van der Waals surface area contributed by atoms with E-state index in [1.54, 1.807) is 0 Å². The van der Waals surface area contributed by atoms with Crippen LogP contribution < -0.4 is 0 Å². The van der Waals surface area contributed by atoms with Crippen LogP contribution in [0.25, 0.3) is 61.3 Å². The van der Waals surface area contributed by atoms with Gasteiger partial charge in [-0.05, 0) is 84.6 Å². The summed E-state index contributed by atoms with van der Waals surface area (Å²) in [6.07, 6.45) is 6.70. The maximum absolute atomic E-state index is 6.16. The van der Waals surface area contributed by atoms with Crippen molar-refractivity contribution in [2.24, 2.45) is 0 Å². The van der Waals surface area contributed by atoms with Crippen molar-refractivity contribution in [3.05, 3.63) is 138 Å². The highest BCUT2D eigenvalue weighted by Gasteiger charge is 2.20. The molecule has 0 N–H and O–H groups in total. The topological polar surface area (TPSA) is 9.86 Å². The maximum Gasteiger partial charge on any atom is 0.0542 e. The average molecular weight is 521 g/mol. The van der Waals surface area contributed by atoms with E-state index < -0.39 is 0 Å². The predicted octanol–water partition coefficient (Wildman–Crippen LogP) is 10.0. The maximum atomic E-state index is 6.16. The highest BCUT2D eigenvalue weighted by atomic mass is 35.5. The molecule has 0 radical (unpaired) electrons. The summed E-state index contributed by atoms with van der Waals surface area (Å²) in [5, 5.41) is 4.59. The smallest absolute Gasteiger partial charge is 0.0542 e. The van der Waals surface area contributed by atoms with E-state index in [4.69, 9.17) is 11.6 Å². The summed E-state index contributed by atoms with van der Waals surface area (Å²) < 4.78 is 4.85. The minimum absolute atomic E-state index is 0.760. The van der Waals surface area contributed by atoms with E-state index in [9.17, 15) is 0 Å². The molecule has 1 aliphatic rings. The van der Waals surface area contributed by atoms with Crippen molar-refractivity contribution in [3.63, 3.8) is 0 Å². The SMILES string of the molecule is Clc1ccc(-c2ccc3c(c2)c2c(n3-c3ccc4c(c3)c3ccccc3n4-c3ccccc3)CCC=C2)cc1. The van der Waals surface area contributed by atoms with Gasteiger partial charge in [0.2, 0.25) is 0 Å². The number of allylic oxidation sites excluding steroid dienone is 1. The number of halogens is 1. The van der Waals surface area contributed by atoms with Gasteiger partial charge in [0.1, 0.15) is 0 Å². The Bertz CT molecular complexity index is 2060. The molecule has 3 heteroatoms. The van der Waals surface area contributed by atoms with Gasteiger partial charge in [0.05, 0.1) is 16.6 Å². The van der Waals surface area contributed by atoms with Gasteiger partial charge in [-0.25, -0.2) is 0 Å². The van der Waals surface area contributed by atoms with Crippen LogP contribution >= 0.6 is 11.6 Å². The van der Waals surface area contributed by atoms with Crippen molar-refractivity contribution in [3.8, 4) is 22.5 Å². The van der Waals surface area contributed by atoms with Gasteiger partial charge in [-0.1, -0.05) is 78.4 Å². The van der Waals surface area contributed by atoms with Crippen molar-refractivity contribution >= 4 is 50.4 Å². The lowest BCUT2D eigenvalue weighted by Crippen LogP contribution is -2.03. The molecule has 0 saturated heterocycles. The molecule has 1 aliphatic carbocycles. The van der Waals surface area contributed by atoms with Crippen molar-refractivity contribution < 1.29 is 0 Å². The molecule has 0 aliphatic heterocycles. The summed E-state index contributed by atoms with van der Waals surface area (Å²) in [5.41, 5.74) is 11.2. The van der Waals surface area contributed by atoms with Gasteiger partial charge in [-0.15, -0.1) is 0 Å². The first-order valence-corrected chi connectivity index (χ1v) is 13.8. The van der Waals surface area contributed by atoms with Crippen molar-refractivity contribution in [1.29, 1.82) is 0 Å². The average Bonchev–Trinajstić information content (AvgIpc) is 3.50. The fraction of sp³-hybridized carbons (Fsp3) is 0.0556. The lowest BCUT2D eigenvalue weighted by Gasteiger charge is -2.14. The molecule has 5 aromatic carbocycles. The summed E-state index contributed by atoms with van der Waals surface area (Å²) >= 11 is 6.16. The normalized spacial score (nSPS) is 12.9. The minimum atomic E-state index is 0.760. The van der Waals surface area contributed by atoms with Gasteiger partial charge < -0.3 is 9.13 Å². The van der Waals surface area contributed by atoms with Gasteiger partial charge in [0, 0.05) is 43.8 Å². The molecule has 2 aromatic heterocycles. The Morgan fingerprint density at radius 3 is 2.13 bits per heavy atom. The van der Waals surface area contributed by atoms with E-state index in [0.29, 0.717) is 0 Å². The molecular weight excluding hydrogens is 496 g/mol. The number of hydrogen-bond acceptors (Lipinski definition) is 0. The second-order valence-electron chi connectivity index (χ2n) is 10.3. The largest absolute Gasteiger partial charge is 0.313 e. The van der Waals surface area contributed by atoms with Crippen molar-refractivity contribution in [1.82, 2.24) is 9.13 Å². The van der Waals surface area contributed by atoms with Crippen LogP contribution in [0.15, 0.2) is 121 Å². The van der Waals surface area contributed by atoms with Crippen LogP contribution in [0, 0.1) is 0 Å². The monoisotopic (exact) mass is 520 g/mol. The standard InChI is InChI=1S/C36H25ClN2/c37-26-17-14-24(15-18-26)25-16-20-35-31(22-25)29-10-4-7-13-34(29)39(35)28-19-21-36-32(23-28)30-11-5-6-12-33(30)38(36)27-8-2-1-3-9-27/h1-6,8-12,14-23H,7,13H2. The number of nitrogens with zero attached hydrogens (tertiary/aromatic N) is 2. The molecule has 0 atom stereocenters. The molecular formula is C36H25ClN2. The molecule has 0 unspecified atom stereocenters. The zero-order valence-electron chi connectivity index (χ0n) is 21.3. The fourth-order valence-electron chi connectivity index (χ4n) is 6.29. The van der Waals surface area contributed by atoms with E-state index in [1.807, 2.05) is 12.1 Å². The van der Waals surface area contributed by atoms with Crippen LogP contribution in [0.5, 0.6) is 0 Å². The first kappa shape index (κ1) is 22.5. The second kappa shape index (κ2) is 8.76. The van der Waals surface area contributed by atoms with Gasteiger partial charge in [-0.3, -0.25) is 0 Å². The van der Waals surface area contributed by atoms with Gasteiger partial charge in [0.15, 0.2) is 0 Å². The van der Waals surface area contributed by atoms with E-state index in [-0.39, 0.29) is 0 Å². The van der Waals surface area contributed by atoms with Gasteiger partial charge in [-0.2, -0.15) is 0 Å². The van der Waals surface area contributed by atoms with E-state index in [2.05, 4.69) is 124 Å². The Morgan fingerprint density at radius 1 is 0.538 bits per heavy atom. The molecule has 0 bridgehead atoms. The van der Waals surface area contributed by atoms with Crippen LogP contribution in [0.3, 0.4) is 0 Å². The predicted molar refractivity (Wildman–Crippen MR) is 165 cm³/mol. The zero-order valence-corrected chi connectivity index (χ0v) is 22.1. The molecule has 8 rings (SSSR count). The van der Waals surface area contributed by atoms with E-state index >= 15 is 0 Å². The third kappa shape index (κ3) is 3.49. The van der Waals surface area contributed by atoms with Gasteiger partial charge in [0.25, 0.3) is 0 Å². The highest BCUT2D eigenvalue weighted by Crippen LogP contribution is 2.39. The number of benzene rings is 5. The molecule has 7 aromatic rings. The van der Waals surface area contributed by atoms with E-state index in [1.165, 1.54) is 66.5 Å². The van der Waals surface area contributed by atoms with Crippen LogP contribution in [-0.2, 0) is 6.42 Å². The molecule has 2 heterocycles. The third-order valence-electron chi connectivity index (χ3n) is 8.05. The van der Waals surface area contributed by atoms with Crippen LogP contribution in [0.4, 0.5) is 0 Å². The Kier molecular flexibility index (Phi) is 5.04. The number of fused-ring (bicyclic) bond motifs is 6. The minimum Gasteiger partial charge on any atom is -0.313 e. The lowest BCUT2D eigenvalue weighted by atomic mass is 9.99. The summed E-state index contributed by atoms with van der Waals surface area (Å²) in [4.78, 5) is 0. The molecule has 39 heavy (non-hydrogen) atoms. The number of para-hydroxylation sites is 2. The summed E-state index contributed by atoms with van der Waals surface area (Å²) in [5.74, 6) is 0. The Hall–Kier alpha value is -4.53. The number of aromatic nitrogens is 2. The quantitative estimate of drug-likeness (QED) is 0.219. The molecule has 2 nitrogen and oxygen atoms in total. The van der Waals surface area contributed by atoms with Gasteiger partial charge >= 0.3 is 0 Å². The summed E-state index contributed by atoms with van der Waals surface area (Å²) in [7, 11) is 0.